The number of rotatable bonds is 8. The minimum absolute atomic E-state index is 0.220. The van der Waals surface area contributed by atoms with Gasteiger partial charge in [-0.15, -0.1) is 0 Å². The highest BCUT2D eigenvalue weighted by molar-refractivity contribution is 4.97. The van der Waals surface area contributed by atoms with Crippen molar-refractivity contribution in [2.75, 3.05) is 26.7 Å². The lowest BCUT2D eigenvalue weighted by atomic mass is 9.90. The molecule has 3 heteroatoms. The van der Waals surface area contributed by atoms with E-state index in [1.165, 1.54) is 70.9 Å². The largest absolute Gasteiger partial charge is 0.329 e. The molecule has 0 amide bonds. The highest BCUT2D eigenvalue weighted by Crippen LogP contribution is 2.32. The Labute approximate surface area is 132 Å². The average Bonchev–Trinajstić information content (AvgIpc) is 2.71. The molecule has 2 heterocycles. The van der Waals surface area contributed by atoms with Crippen LogP contribution in [0.25, 0.3) is 0 Å². The molecule has 21 heavy (non-hydrogen) atoms. The molecule has 0 radical (unpaired) electrons. The SMILES string of the molecule is CCCCCCCC(C)(CN)N1CCC2CCC(C1)N2C. The monoisotopic (exact) mass is 295 g/mol. The molecular formula is C18H37N3. The summed E-state index contributed by atoms with van der Waals surface area (Å²) in [5.41, 5.74) is 6.43. The highest BCUT2D eigenvalue weighted by Gasteiger charge is 2.39. The predicted molar refractivity (Wildman–Crippen MR) is 91.6 cm³/mol. The van der Waals surface area contributed by atoms with Crippen molar-refractivity contribution in [2.45, 2.75) is 89.3 Å². The molecule has 3 nitrogen and oxygen atoms in total. The van der Waals surface area contributed by atoms with Crippen LogP contribution < -0.4 is 5.73 Å². The van der Waals surface area contributed by atoms with Crippen LogP contribution in [-0.4, -0.2) is 54.1 Å². The molecule has 0 aliphatic carbocycles. The summed E-state index contributed by atoms with van der Waals surface area (Å²) in [4.78, 5) is 5.37. The first kappa shape index (κ1) is 17.2. The predicted octanol–water partition coefficient (Wildman–Crippen LogP) is 3.23. The second-order valence-corrected chi connectivity index (χ2v) is 7.65. The number of unbranched alkanes of at least 4 members (excludes halogenated alkanes) is 4. The molecule has 3 atom stereocenters. The average molecular weight is 296 g/mol. The van der Waals surface area contributed by atoms with Gasteiger partial charge in [0.05, 0.1) is 0 Å². The molecule has 2 fully saturated rings. The van der Waals surface area contributed by atoms with Gasteiger partial charge in [0.25, 0.3) is 0 Å². The maximum atomic E-state index is 6.21. The van der Waals surface area contributed by atoms with Gasteiger partial charge in [0.1, 0.15) is 0 Å². The van der Waals surface area contributed by atoms with Gasteiger partial charge in [-0.1, -0.05) is 39.0 Å². The van der Waals surface area contributed by atoms with E-state index in [4.69, 9.17) is 5.73 Å². The smallest absolute Gasteiger partial charge is 0.0304 e. The molecule has 2 bridgehead atoms. The Morgan fingerprint density at radius 3 is 2.48 bits per heavy atom. The Kier molecular flexibility index (Phi) is 6.51. The summed E-state index contributed by atoms with van der Waals surface area (Å²) in [7, 11) is 2.33. The number of likely N-dealkylation sites (N-methyl/N-ethyl adjacent to an activating group) is 1. The third-order valence-electron chi connectivity index (χ3n) is 6.17. The molecule has 0 saturated carbocycles. The van der Waals surface area contributed by atoms with Crippen molar-refractivity contribution in [1.82, 2.24) is 9.80 Å². The molecule has 0 aromatic rings. The quantitative estimate of drug-likeness (QED) is 0.698. The van der Waals surface area contributed by atoms with E-state index in [1.807, 2.05) is 0 Å². The van der Waals surface area contributed by atoms with Crippen molar-refractivity contribution in [3.05, 3.63) is 0 Å². The number of hydrogen-bond acceptors (Lipinski definition) is 3. The van der Waals surface area contributed by atoms with Crippen LogP contribution in [0.3, 0.4) is 0 Å². The molecule has 2 rings (SSSR count). The topological polar surface area (TPSA) is 32.5 Å². The van der Waals surface area contributed by atoms with Gasteiger partial charge in [-0.2, -0.15) is 0 Å². The second-order valence-electron chi connectivity index (χ2n) is 7.65. The fourth-order valence-electron chi connectivity index (χ4n) is 4.30. The van der Waals surface area contributed by atoms with Crippen LogP contribution in [0.15, 0.2) is 0 Å². The van der Waals surface area contributed by atoms with Gasteiger partial charge >= 0.3 is 0 Å². The molecular weight excluding hydrogens is 258 g/mol. The van der Waals surface area contributed by atoms with Gasteiger partial charge in [-0.25, -0.2) is 0 Å². The minimum Gasteiger partial charge on any atom is -0.329 e. The molecule has 0 spiro atoms. The van der Waals surface area contributed by atoms with Crippen LogP contribution >= 0.6 is 0 Å². The van der Waals surface area contributed by atoms with Crippen molar-refractivity contribution < 1.29 is 0 Å². The van der Waals surface area contributed by atoms with Crippen molar-refractivity contribution in [2.24, 2.45) is 5.73 Å². The van der Waals surface area contributed by atoms with Crippen LogP contribution in [0.1, 0.15) is 71.6 Å². The number of likely N-dealkylation sites (tertiary alicyclic amines) is 1. The standard InChI is InChI=1S/C18H37N3/c1-4-5-6-7-8-12-18(2,15-19)21-13-11-16-9-10-17(14-21)20(16)3/h16-17H,4-15,19H2,1-3H3. The first-order chi connectivity index (χ1) is 10.1. The van der Waals surface area contributed by atoms with E-state index >= 15 is 0 Å². The van der Waals surface area contributed by atoms with Crippen molar-refractivity contribution in [1.29, 1.82) is 0 Å². The van der Waals surface area contributed by atoms with Gasteiger partial charge in [-0.3, -0.25) is 9.80 Å². The molecule has 124 valence electrons. The third-order valence-corrected chi connectivity index (χ3v) is 6.17. The van der Waals surface area contributed by atoms with Crippen LogP contribution in [0.2, 0.25) is 0 Å². The number of nitrogens with zero attached hydrogens (tertiary/aromatic N) is 2. The van der Waals surface area contributed by atoms with E-state index in [2.05, 4.69) is 30.7 Å². The van der Waals surface area contributed by atoms with Gasteiger partial charge in [0.2, 0.25) is 0 Å². The summed E-state index contributed by atoms with van der Waals surface area (Å²) >= 11 is 0. The van der Waals surface area contributed by atoms with Crippen molar-refractivity contribution in [3.8, 4) is 0 Å². The van der Waals surface area contributed by atoms with Crippen LogP contribution in [0, 0.1) is 0 Å². The second kappa shape index (κ2) is 7.94. The molecule has 2 saturated heterocycles. The third kappa shape index (κ3) is 4.20. The van der Waals surface area contributed by atoms with Crippen LogP contribution in [0.5, 0.6) is 0 Å². The molecule has 2 aliphatic heterocycles. The number of fused-ring (bicyclic) bond motifs is 2. The first-order valence-electron chi connectivity index (χ1n) is 9.28. The fourth-order valence-corrected chi connectivity index (χ4v) is 4.30. The summed E-state index contributed by atoms with van der Waals surface area (Å²) in [5.74, 6) is 0. The Bertz CT molecular complexity index is 307. The van der Waals surface area contributed by atoms with Crippen LogP contribution in [-0.2, 0) is 0 Å². The summed E-state index contributed by atoms with van der Waals surface area (Å²) in [6.45, 7) is 7.98. The van der Waals surface area contributed by atoms with Crippen molar-refractivity contribution in [3.63, 3.8) is 0 Å². The van der Waals surface area contributed by atoms with Gasteiger partial charge in [0.15, 0.2) is 0 Å². The highest BCUT2D eigenvalue weighted by atomic mass is 15.3. The zero-order chi connectivity index (χ0) is 15.3. The zero-order valence-electron chi connectivity index (χ0n) is 14.6. The van der Waals surface area contributed by atoms with E-state index in [1.54, 1.807) is 0 Å². The number of nitrogens with two attached hydrogens (primary N) is 1. The molecule has 2 aliphatic rings. The Morgan fingerprint density at radius 2 is 1.76 bits per heavy atom. The molecule has 0 aromatic carbocycles. The Morgan fingerprint density at radius 1 is 1.05 bits per heavy atom. The lowest BCUT2D eigenvalue weighted by molar-refractivity contribution is 0.0869. The zero-order valence-corrected chi connectivity index (χ0v) is 14.6. The number of hydrogen-bond donors (Lipinski definition) is 1. The molecule has 0 aromatic heterocycles. The van der Waals surface area contributed by atoms with E-state index in [9.17, 15) is 0 Å². The summed E-state index contributed by atoms with van der Waals surface area (Å²) in [6, 6.07) is 1.59. The van der Waals surface area contributed by atoms with Gasteiger partial charge in [0, 0.05) is 37.3 Å². The summed E-state index contributed by atoms with van der Waals surface area (Å²) < 4.78 is 0. The Balaban J connectivity index is 1.86. The van der Waals surface area contributed by atoms with E-state index in [-0.39, 0.29) is 5.54 Å². The molecule has 2 N–H and O–H groups in total. The van der Waals surface area contributed by atoms with Gasteiger partial charge in [-0.05, 0) is 39.7 Å². The van der Waals surface area contributed by atoms with E-state index in [0.717, 1.165) is 18.6 Å². The normalized spacial score (nSPS) is 30.3. The summed E-state index contributed by atoms with van der Waals surface area (Å²) in [5, 5.41) is 0. The summed E-state index contributed by atoms with van der Waals surface area (Å²) in [6.07, 6.45) is 12.2. The van der Waals surface area contributed by atoms with E-state index < -0.39 is 0 Å². The van der Waals surface area contributed by atoms with Crippen molar-refractivity contribution >= 4 is 0 Å². The van der Waals surface area contributed by atoms with E-state index in [0.29, 0.717) is 0 Å². The van der Waals surface area contributed by atoms with Crippen LogP contribution in [0.4, 0.5) is 0 Å². The minimum atomic E-state index is 0.220. The first-order valence-corrected chi connectivity index (χ1v) is 9.28. The molecule has 3 unspecified atom stereocenters. The lowest BCUT2D eigenvalue weighted by Gasteiger charge is -2.42. The maximum absolute atomic E-state index is 6.21. The fraction of sp³-hybridized carbons (Fsp3) is 1.00. The van der Waals surface area contributed by atoms with Gasteiger partial charge < -0.3 is 5.73 Å². The lowest BCUT2D eigenvalue weighted by Crippen LogP contribution is -2.54. The Hall–Kier alpha value is -0.120. The maximum Gasteiger partial charge on any atom is 0.0304 e.